The van der Waals surface area contributed by atoms with Crippen LogP contribution in [0, 0.1) is 0 Å². The molecule has 1 aliphatic rings. The predicted molar refractivity (Wildman–Crippen MR) is 64.2 cm³/mol. The Labute approximate surface area is 107 Å². The van der Waals surface area contributed by atoms with Gasteiger partial charge in [-0.25, -0.2) is 4.79 Å². The van der Waals surface area contributed by atoms with Gasteiger partial charge in [0.15, 0.2) is 11.5 Å². The SMILES string of the molecule is COc1cc([C@@H]2CCOC(=O)N2)cc(Br)c1O. The number of carbonyl (C=O) groups is 1. The Hall–Kier alpha value is -1.43. The van der Waals surface area contributed by atoms with Crippen LogP contribution in [0.4, 0.5) is 4.79 Å². The van der Waals surface area contributed by atoms with Gasteiger partial charge in [0.05, 0.1) is 24.2 Å². The van der Waals surface area contributed by atoms with E-state index in [9.17, 15) is 9.90 Å². The number of nitrogens with one attached hydrogen (secondary N) is 1. The molecule has 1 fully saturated rings. The number of cyclic esters (lactones) is 1. The van der Waals surface area contributed by atoms with Crippen LogP contribution in [-0.2, 0) is 4.74 Å². The van der Waals surface area contributed by atoms with Gasteiger partial charge >= 0.3 is 6.09 Å². The molecule has 1 atom stereocenters. The number of alkyl carbamates (subject to hydrolysis) is 1. The third kappa shape index (κ3) is 2.46. The van der Waals surface area contributed by atoms with Gasteiger partial charge in [0.1, 0.15) is 0 Å². The second-order valence-corrected chi connectivity index (χ2v) is 4.53. The summed E-state index contributed by atoms with van der Waals surface area (Å²) in [6.07, 6.45) is 0.260. The molecule has 0 spiro atoms. The molecule has 1 aromatic carbocycles. The Morgan fingerprint density at radius 1 is 1.59 bits per heavy atom. The monoisotopic (exact) mass is 301 g/mol. The third-order valence-corrected chi connectivity index (χ3v) is 3.21. The lowest BCUT2D eigenvalue weighted by Gasteiger charge is -2.24. The van der Waals surface area contributed by atoms with Crippen LogP contribution >= 0.6 is 15.9 Å². The van der Waals surface area contributed by atoms with Crippen molar-refractivity contribution >= 4 is 22.0 Å². The van der Waals surface area contributed by atoms with Crippen LogP contribution in [-0.4, -0.2) is 24.9 Å². The number of hydrogen-bond donors (Lipinski definition) is 2. The number of carbonyl (C=O) groups excluding carboxylic acids is 1. The number of phenols is 1. The molecule has 0 unspecified atom stereocenters. The number of rotatable bonds is 2. The lowest BCUT2D eigenvalue weighted by atomic mass is 10.0. The molecule has 1 aromatic rings. The minimum absolute atomic E-state index is 0.0506. The van der Waals surface area contributed by atoms with Gasteiger partial charge in [-0.05, 0) is 33.6 Å². The van der Waals surface area contributed by atoms with E-state index in [2.05, 4.69) is 21.2 Å². The van der Waals surface area contributed by atoms with Gasteiger partial charge in [0.2, 0.25) is 0 Å². The molecule has 5 nitrogen and oxygen atoms in total. The lowest BCUT2D eigenvalue weighted by Crippen LogP contribution is -2.35. The molecule has 1 aliphatic heterocycles. The molecular weight excluding hydrogens is 290 g/mol. The van der Waals surface area contributed by atoms with Gasteiger partial charge in [-0.3, -0.25) is 0 Å². The van der Waals surface area contributed by atoms with E-state index in [0.29, 0.717) is 23.2 Å². The molecular formula is C11H12BrNO4. The first kappa shape index (κ1) is 12.0. The van der Waals surface area contributed by atoms with Crippen molar-refractivity contribution in [1.82, 2.24) is 5.32 Å². The summed E-state index contributed by atoms with van der Waals surface area (Å²) in [5.41, 5.74) is 0.864. The van der Waals surface area contributed by atoms with Gasteiger partial charge < -0.3 is 19.9 Å². The number of hydrogen-bond acceptors (Lipinski definition) is 4. The summed E-state index contributed by atoms with van der Waals surface area (Å²) in [5.74, 6) is 0.421. The average molecular weight is 302 g/mol. The Bertz CT molecular complexity index is 449. The van der Waals surface area contributed by atoms with Crippen LogP contribution in [0.5, 0.6) is 11.5 Å². The summed E-state index contributed by atoms with van der Waals surface area (Å²) in [7, 11) is 1.48. The molecule has 1 amide bonds. The van der Waals surface area contributed by atoms with Crippen molar-refractivity contribution in [1.29, 1.82) is 0 Å². The molecule has 2 N–H and O–H groups in total. The fraction of sp³-hybridized carbons (Fsp3) is 0.364. The van der Waals surface area contributed by atoms with Gasteiger partial charge in [-0.1, -0.05) is 0 Å². The van der Waals surface area contributed by atoms with E-state index in [-0.39, 0.29) is 11.8 Å². The molecule has 1 heterocycles. The normalized spacial score (nSPS) is 19.4. The van der Waals surface area contributed by atoms with Crippen LogP contribution in [0.1, 0.15) is 18.0 Å². The van der Waals surface area contributed by atoms with E-state index < -0.39 is 6.09 Å². The van der Waals surface area contributed by atoms with Crippen molar-refractivity contribution in [2.45, 2.75) is 12.5 Å². The van der Waals surface area contributed by atoms with E-state index >= 15 is 0 Å². The molecule has 0 saturated carbocycles. The molecule has 0 bridgehead atoms. The van der Waals surface area contributed by atoms with Gasteiger partial charge in [-0.15, -0.1) is 0 Å². The fourth-order valence-corrected chi connectivity index (χ4v) is 2.19. The highest BCUT2D eigenvalue weighted by atomic mass is 79.9. The number of phenolic OH excluding ortho intramolecular Hbond substituents is 1. The van der Waals surface area contributed by atoms with Crippen molar-refractivity contribution < 1.29 is 19.4 Å². The molecule has 17 heavy (non-hydrogen) atoms. The zero-order valence-electron chi connectivity index (χ0n) is 9.20. The van der Waals surface area contributed by atoms with Crippen LogP contribution < -0.4 is 10.1 Å². The third-order valence-electron chi connectivity index (χ3n) is 2.60. The van der Waals surface area contributed by atoms with Gasteiger partial charge in [0.25, 0.3) is 0 Å². The van der Waals surface area contributed by atoms with E-state index in [0.717, 1.165) is 5.56 Å². The number of aromatic hydroxyl groups is 1. The first-order valence-electron chi connectivity index (χ1n) is 5.11. The fourth-order valence-electron chi connectivity index (χ4n) is 1.73. The Morgan fingerprint density at radius 2 is 2.35 bits per heavy atom. The maximum Gasteiger partial charge on any atom is 0.407 e. The second-order valence-electron chi connectivity index (χ2n) is 3.68. The molecule has 92 valence electrons. The molecule has 0 radical (unpaired) electrons. The van der Waals surface area contributed by atoms with Crippen molar-refractivity contribution in [2.75, 3.05) is 13.7 Å². The van der Waals surface area contributed by atoms with Crippen molar-refractivity contribution in [3.05, 3.63) is 22.2 Å². The number of methoxy groups -OCH3 is 1. The standard InChI is InChI=1S/C11H12BrNO4/c1-16-9-5-6(4-7(12)10(9)14)8-2-3-17-11(15)13-8/h4-5,8,14H,2-3H2,1H3,(H,13,15)/t8-/m0/s1. The van der Waals surface area contributed by atoms with E-state index in [1.54, 1.807) is 12.1 Å². The summed E-state index contributed by atoms with van der Waals surface area (Å²) >= 11 is 3.25. The average Bonchev–Trinajstić information content (AvgIpc) is 2.32. The number of halogens is 1. The quantitative estimate of drug-likeness (QED) is 0.880. The Morgan fingerprint density at radius 3 is 3.00 bits per heavy atom. The highest BCUT2D eigenvalue weighted by Gasteiger charge is 2.22. The summed E-state index contributed by atoms with van der Waals surface area (Å²) in [6, 6.07) is 3.34. The predicted octanol–water partition coefficient (Wildman–Crippen LogP) is 2.33. The van der Waals surface area contributed by atoms with Gasteiger partial charge in [-0.2, -0.15) is 0 Å². The highest BCUT2D eigenvalue weighted by Crippen LogP contribution is 2.37. The summed E-state index contributed by atoms with van der Waals surface area (Å²) in [5, 5.41) is 12.4. The van der Waals surface area contributed by atoms with E-state index in [1.165, 1.54) is 7.11 Å². The smallest absolute Gasteiger partial charge is 0.407 e. The largest absolute Gasteiger partial charge is 0.503 e. The van der Waals surface area contributed by atoms with Crippen molar-refractivity contribution in [2.24, 2.45) is 0 Å². The zero-order valence-corrected chi connectivity index (χ0v) is 10.8. The second kappa shape index (κ2) is 4.83. The Kier molecular flexibility index (Phi) is 3.42. The number of ether oxygens (including phenoxy) is 2. The zero-order chi connectivity index (χ0) is 12.4. The van der Waals surface area contributed by atoms with Crippen LogP contribution in [0.3, 0.4) is 0 Å². The first-order valence-corrected chi connectivity index (χ1v) is 5.91. The van der Waals surface area contributed by atoms with E-state index in [1.807, 2.05) is 0 Å². The van der Waals surface area contributed by atoms with Crippen molar-refractivity contribution in [3.8, 4) is 11.5 Å². The minimum atomic E-state index is -0.426. The molecule has 0 aromatic heterocycles. The molecule has 2 rings (SSSR count). The maximum absolute atomic E-state index is 11.1. The highest BCUT2D eigenvalue weighted by molar-refractivity contribution is 9.10. The molecule has 0 aliphatic carbocycles. The summed E-state index contributed by atoms with van der Waals surface area (Å²) < 4.78 is 10.4. The first-order chi connectivity index (χ1) is 8.11. The molecule has 6 heteroatoms. The van der Waals surface area contributed by atoms with Crippen LogP contribution in [0.2, 0.25) is 0 Å². The Balaban J connectivity index is 2.32. The number of benzene rings is 1. The van der Waals surface area contributed by atoms with Crippen LogP contribution in [0.15, 0.2) is 16.6 Å². The lowest BCUT2D eigenvalue weighted by molar-refractivity contribution is 0.115. The minimum Gasteiger partial charge on any atom is -0.503 e. The van der Waals surface area contributed by atoms with Gasteiger partial charge in [0, 0.05) is 6.42 Å². The van der Waals surface area contributed by atoms with Crippen molar-refractivity contribution in [3.63, 3.8) is 0 Å². The van der Waals surface area contributed by atoms with Crippen LogP contribution in [0.25, 0.3) is 0 Å². The number of amides is 1. The summed E-state index contributed by atoms with van der Waals surface area (Å²) in [4.78, 5) is 11.1. The van der Waals surface area contributed by atoms with E-state index in [4.69, 9.17) is 9.47 Å². The summed E-state index contributed by atoms with van der Waals surface area (Å²) in [6.45, 7) is 0.386. The molecule has 1 saturated heterocycles. The maximum atomic E-state index is 11.1. The topological polar surface area (TPSA) is 67.8 Å².